The molecule has 1 aromatic heterocycles. The van der Waals surface area contributed by atoms with E-state index in [9.17, 15) is 5.11 Å². The van der Waals surface area contributed by atoms with Gasteiger partial charge in [0.2, 0.25) is 0 Å². The number of hydrogen-bond donors (Lipinski definition) is 1. The summed E-state index contributed by atoms with van der Waals surface area (Å²) in [5.74, 6) is 1.32. The minimum atomic E-state index is -0.536. The fraction of sp³-hybridized carbons (Fsp3) is 0.150. The van der Waals surface area contributed by atoms with Gasteiger partial charge in [0.1, 0.15) is 12.4 Å². The highest BCUT2D eigenvalue weighted by molar-refractivity contribution is 7.99. The zero-order valence-electron chi connectivity index (χ0n) is 13.2. The van der Waals surface area contributed by atoms with Crippen molar-refractivity contribution < 1.29 is 9.84 Å². The highest BCUT2D eigenvalue weighted by Gasteiger charge is 2.07. The maximum atomic E-state index is 10.0. The van der Waals surface area contributed by atoms with Crippen molar-refractivity contribution in [3.8, 4) is 16.9 Å². The molecule has 0 amide bonds. The van der Waals surface area contributed by atoms with Crippen LogP contribution in [-0.2, 0) is 0 Å². The Bertz CT molecular complexity index is 733. The van der Waals surface area contributed by atoms with Gasteiger partial charge in [-0.1, -0.05) is 48.5 Å². The van der Waals surface area contributed by atoms with E-state index in [-0.39, 0.29) is 6.61 Å². The molecular formula is C20H19NO2S. The summed E-state index contributed by atoms with van der Waals surface area (Å²) in [6.45, 7) is 0.268. The Morgan fingerprint density at radius 1 is 0.875 bits per heavy atom. The van der Waals surface area contributed by atoms with Crippen molar-refractivity contribution >= 4 is 11.8 Å². The van der Waals surface area contributed by atoms with Gasteiger partial charge >= 0.3 is 0 Å². The standard InChI is InChI=1S/C20H19NO2S/c22-18(15-24-20-8-4-5-13-21-20)14-23-19-11-9-17(10-12-19)16-6-2-1-3-7-16/h1-13,18,22H,14-15H2/t18-/m0/s1. The second kappa shape index (κ2) is 8.52. The Kier molecular flexibility index (Phi) is 5.88. The first-order valence-electron chi connectivity index (χ1n) is 7.81. The number of aliphatic hydroxyl groups is 1. The molecule has 24 heavy (non-hydrogen) atoms. The third kappa shape index (κ3) is 4.85. The van der Waals surface area contributed by atoms with E-state index < -0.39 is 6.10 Å². The zero-order chi connectivity index (χ0) is 16.6. The van der Waals surface area contributed by atoms with Crippen LogP contribution in [0, 0.1) is 0 Å². The van der Waals surface area contributed by atoms with E-state index in [1.54, 1.807) is 6.20 Å². The molecule has 0 spiro atoms. The average molecular weight is 337 g/mol. The van der Waals surface area contributed by atoms with Crippen LogP contribution in [0.4, 0.5) is 0 Å². The summed E-state index contributed by atoms with van der Waals surface area (Å²) < 4.78 is 5.66. The van der Waals surface area contributed by atoms with Crippen molar-refractivity contribution in [2.45, 2.75) is 11.1 Å². The van der Waals surface area contributed by atoms with Crippen LogP contribution in [0.3, 0.4) is 0 Å². The number of hydrogen-bond acceptors (Lipinski definition) is 4. The van der Waals surface area contributed by atoms with Crippen molar-refractivity contribution in [1.29, 1.82) is 0 Å². The topological polar surface area (TPSA) is 42.4 Å². The lowest BCUT2D eigenvalue weighted by Crippen LogP contribution is -2.20. The number of ether oxygens (including phenoxy) is 1. The summed E-state index contributed by atoms with van der Waals surface area (Å²) in [5, 5.41) is 10.9. The molecule has 4 heteroatoms. The molecule has 0 fully saturated rings. The van der Waals surface area contributed by atoms with E-state index in [4.69, 9.17) is 4.74 Å². The minimum Gasteiger partial charge on any atom is -0.491 e. The zero-order valence-corrected chi connectivity index (χ0v) is 14.0. The van der Waals surface area contributed by atoms with Crippen molar-refractivity contribution in [3.05, 3.63) is 79.0 Å². The molecule has 0 aliphatic rings. The third-order valence-electron chi connectivity index (χ3n) is 3.47. The van der Waals surface area contributed by atoms with E-state index >= 15 is 0 Å². The lowest BCUT2D eigenvalue weighted by molar-refractivity contribution is 0.126. The molecular weight excluding hydrogens is 318 g/mol. The van der Waals surface area contributed by atoms with Crippen LogP contribution < -0.4 is 4.74 Å². The predicted octanol–water partition coefficient (Wildman–Crippen LogP) is 4.28. The lowest BCUT2D eigenvalue weighted by atomic mass is 10.1. The first-order chi connectivity index (χ1) is 11.8. The van der Waals surface area contributed by atoms with Crippen LogP contribution in [0.25, 0.3) is 11.1 Å². The Balaban J connectivity index is 1.48. The molecule has 3 rings (SSSR count). The molecule has 1 heterocycles. The van der Waals surface area contributed by atoms with Gasteiger partial charge in [-0.2, -0.15) is 0 Å². The molecule has 1 N–H and O–H groups in total. The molecule has 0 aliphatic heterocycles. The average Bonchev–Trinajstić information content (AvgIpc) is 2.67. The minimum absolute atomic E-state index is 0.268. The molecule has 122 valence electrons. The molecule has 3 nitrogen and oxygen atoms in total. The van der Waals surface area contributed by atoms with Crippen LogP contribution >= 0.6 is 11.8 Å². The van der Waals surface area contributed by atoms with Gasteiger partial charge in [-0.25, -0.2) is 4.98 Å². The van der Waals surface area contributed by atoms with Crippen molar-refractivity contribution in [2.24, 2.45) is 0 Å². The van der Waals surface area contributed by atoms with E-state index in [0.29, 0.717) is 5.75 Å². The van der Waals surface area contributed by atoms with E-state index in [2.05, 4.69) is 17.1 Å². The van der Waals surface area contributed by atoms with Crippen LogP contribution in [0.2, 0.25) is 0 Å². The van der Waals surface area contributed by atoms with Gasteiger partial charge in [-0.3, -0.25) is 0 Å². The Morgan fingerprint density at radius 2 is 1.58 bits per heavy atom. The van der Waals surface area contributed by atoms with Gasteiger partial charge in [0, 0.05) is 11.9 Å². The molecule has 0 saturated heterocycles. The number of thioether (sulfide) groups is 1. The monoisotopic (exact) mass is 337 g/mol. The summed E-state index contributed by atoms with van der Waals surface area (Å²) >= 11 is 1.52. The summed E-state index contributed by atoms with van der Waals surface area (Å²) in [6, 6.07) is 23.9. The highest BCUT2D eigenvalue weighted by atomic mass is 32.2. The summed E-state index contributed by atoms with van der Waals surface area (Å²) in [5.41, 5.74) is 2.32. The van der Waals surface area contributed by atoms with Gasteiger partial charge in [-0.05, 0) is 35.4 Å². The highest BCUT2D eigenvalue weighted by Crippen LogP contribution is 2.22. The first kappa shape index (κ1) is 16.6. The molecule has 1 atom stereocenters. The summed E-state index contributed by atoms with van der Waals surface area (Å²) in [6.07, 6.45) is 1.21. The molecule has 0 bridgehead atoms. The first-order valence-corrected chi connectivity index (χ1v) is 8.80. The van der Waals surface area contributed by atoms with E-state index in [0.717, 1.165) is 16.3 Å². The van der Waals surface area contributed by atoms with Gasteiger partial charge in [0.15, 0.2) is 0 Å². The fourth-order valence-corrected chi connectivity index (χ4v) is 3.00. The third-order valence-corrected chi connectivity index (χ3v) is 4.55. The van der Waals surface area contributed by atoms with Gasteiger partial charge < -0.3 is 9.84 Å². The van der Waals surface area contributed by atoms with Crippen molar-refractivity contribution in [1.82, 2.24) is 4.98 Å². The SMILES string of the molecule is O[C@@H](COc1ccc(-c2ccccc2)cc1)CSc1ccccn1. The van der Waals surface area contributed by atoms with Crippen LogP contribution in [0.5, 0.6) is 5.75 Å². The second-order valence-corrected chi connectivity index (χ2v) is 6.37. The smallest absolute Gasteiger partial charge is 0.119 e. The maximum Gasteiger partial charge on any atom is 0.119 e. The molecule has 2 aromatic carbocycles. The number of aliphatic hydroxyl groups excluding tert-OH is 1. The quantitative estimate of drug-likeness (QED) is 0.654. The maximum absolute atomic E-state index is 10.0. The van der Waals surface area contributed by atoms with E-state index in [1.807, 2.05) is 60.7 Å². The number of pyridine rings is 1. The van der Waals surface area contributed by atoms with Gasteiger partial charge in [0.05, 0.1) is 11.1 Å². The van der Waals surface area contributed by atoms with E-state index in [1.165, 1.54) is 17.3 Å². The van der Waals surface area contributed by atoms with Crippen molar-refractivity contribution in [3.63, 3.8) is 0 Å². The predicted molar refractivity (Wildman–Crippen MR) is 98.3 cm³/mol. The Hall–Kier alpha value is -2.30. The van der Waals surface area contributed by atoms with Crippen molar-refractivity contribution in [2.75, 3.05) is 12.4 Å². The molecule has 3 aromatic rings. The molecule has 0 radical (unpaired) electrons. The normalized spacial score (nSPS) is 11.9. The van der Waals surface area contributed by atoms with Gasteiger partial charge in [0.25, 0.3) is 0 Å². The number of nitrogens with zero attached hydrogens (tertiary/aromatic N) is 1. The summed E-state index contributed by atoms with van der Waals surface area (Å²) in [7, 11) is 0. The number of benzene rings is 2. The second-order valence-electron chi connectivity index (χ2n) is 5.33. The van der Waals surface area contributed by atoms with Crippen LogP contribution in [0.15, 0.2) is 84.0 Å². The Labute approximate surface area is 146 Å². The number of rotatable bonds is 7. The number of aromatic nitrogens is 1. The molecule has 0 unspecified atom stereocenters. The van der Waals surface area contributed by atoms with Crippen LogP contribution in [-0.4, -0.2) is 28.6 Å². The van der Waals surface area contributed by atoms with Gasteiger partial charge in [-0.15, -0.1) is 11.8 Å². The lowest BCUT2D eigenvalue weighted by Gasteiger charge is -2.12. The fourth-order valence-electron chi connectivity index (χ4n) is 2.23. The summed E-state index contributed by atoms with van der Waals surface area (Å²) in [4.78, 5) is 4.22. The largest absolute Gasteiger partial charge is 0.491 e. The molecule has 0 aliphatic carbocycles. The Morgan fingerprint density at radius 3 is 2.29 bits per heavy atom. The van der Waals surface area contributed by atoms with Crippen LogP contribution in [0.1, 0.15) is 0 Å². The molecule has 0 saturated carbocycles.